The molecule has 2 heterocycles. The van der Waals surface area contributed by atoms with Crippen LogP contribution in [-0.4, -0.2) is 54.6 Å². The van der Waals surface area contributed by atoms with Crippen LogP contribution in [0.2, 0.25) is 0 Å². The van der Waals surface area contributed by atoms with Gasteiger partial charge in [0.1, 0.15) is 5.82 Å². The number of aromatic nitrogens is 1. The highest BCUT2D eigenvalue weighted by atomic mass is 16.2. The topological polar surface area (TPSA) is 74.5 Å². The fourth-order valence-electron chi connectivity index (χ4n) is 2.37. The maximum absolute atomic E-state index is 11.9. The van der Waals surface area contributed by atoms with Crippen molar-refractivity contribution < 1.29 is 4.79 Å². The third kappa shape index (κ3) is 4.60. The van der Waals surface area contributed by atoms with Gasteiger partial charge in [0.2, 0.25) is 5.91 Å². The molecule has 0 bridgehead atoms. The van der Waals surface area contributed by atoms with E-state index < -0.39 is 0 Å². The molecule has 2 rings (SSSR count). The van der Waals surface area contributed by atoms with Gasteiger partial charge in [0.05, 0.1) is 18.4 Å². The van der Waals surface area contributed by atoms with Gasteiger partial charge in [-0.25, -0.2) is 4.98 Å². The van der Waals surface area contributed by atoms with Crippen molar-refractivity contribution in [3.05, 3.63) is 18.3 Å². The molecule has 1 aliphatic heterocycles. The third-order valence-electron chi connectivity index (χ3n) is 3.90. The molecule has 1 saturated heterocycles. The molecule has 0 saturated carbocycles. The first-order chi connectivity index (χ1) is 10.1. The maximum atomic E-state index is 11.9. The SMILES string of the molecule is CCC(C)NC(=O)CN1CCN(c2ccc(N)nc2)CC1. The lowest BCUT2D eigenvalue weighted by Gasteiger charge is -2.35. The highest BCUT2D eigenvalue weighted by molar-refractivity contribution is 5.78. The molecule has 3 N–H and O–H groups in total. The van der Waals surface area contributed by atoms with Crippen molar-refractivity contribution in [3.8, 4) is 0 Å². The number of rotatable bonds is 5. The van der Waals surface area contributed by atoms with Crippen molar-refractivity contribution in [3.63, 3.8) is 0 Å². The number of pyridine rings is 1. The average molecular weight is 291 g/mol. The van der Waals surface area contributed by atoms with Crippen LogP contribution < -0.4 is 16.0 Å². The molecule has 1 aliphatic rings. The molecule has 1 unspecified atom stereocenters. The molecule has 0 aliphatic carbocycles. The van der Waals surface area contributed by atoms with Gasteiger partial charge in [-0.15, -0.1) is 0 Å². The molecule has 1 amide bonds. The van der Waals surface area contributed by atoms with Gasteiger partial charge >= 0.3 is 0 Å². The van der Waals surface area contributed by atoms with Crippen LogP contribution in [0.5, 0.6) is 0 Å². The first-order valence-electron chi connectivity index (χ1n) is 7.56. The molecule has 1 aromatic rings. The van der Waals surface area contributed by atoms with Crippen LogP contribution >= 0.6 is 0 Å². The van der Waals surface area contributed by atoms with Crippen LogP contribution in [-0.2, 0) is 4.79 Å². The minimum absolute atomic E-state index is 0.118. The molecule has 6 nitrogen and oxygen atoms in total. The third-order valence-corrected chi connectivity index (χ3v) is 3.90. The largest absolute Gasteiger partial charge is 0.384 e. The van der Waals surface area contributed by atoms with E-state index in [9.17, 15) is 4.79 Å². The number of piperazine rings is 1. The van der Waals surface area contributed by atoms with Gasteiger partial charge in [0.25, 0.3) is 0 Å². The average Bonchev–Trinajstić information content (AvgIpc) is 2.48. The lowest BCUT2D eigenvalue weighted by molar-refractivity contribution is -0.122. The van der Waals surface area contributed by atoms with Crippen LogP contribution in [0.3, 0.4) is 0 Å². The number of carbonyl (C=O) groups is 1. The summed E-state index contributed by atoms with van der Waals surface area (Å²) in [6.07, 6.45) is 2.77. The zero-order valence-corrected chi connectivity index (χ0v) is 12.9. The molecule has 1 atom stereocenters. The molecule has 1 aromatic heterocycles. The van der Waals surface area contributed by atoms with Gasteiger partial charge < -0.3 is 16.0 Å². The number of nitrogens with zero attached hydrogens (tertiary/aromatic N) is 3. The predicted octanol–water partition coefficient (Wildman–Crippen LogP) is 0.701. The van der Waals surface area contributed by atoms with Crippen molar-refractivity contribution in [2.75, 3.05) is 43.4 Å². The standard InChI is InChI=1S/C15H25N5O/c1-3-12(2)18-15(21)11-19-6-8-20(9-7-19)13-4-5-14(16)17-10-13/h4-5,10,12H,3,6-9,11H2,1-2H3,(H2,16,17)(H,18,21). The van der Waals surface area contributed by atoms with Crippen LogP contribution in [0, 0.1) is 0 Å². The predicted molar refractivity (Wildman–Crippen MR) is 85.2 cm³/mol. The number of hydrogen-bond donors (Lipinski definition) is 2. The first-order valence-corrected chi connectivity index (χ1v) is 7.56. The Morgan fingerprint density at radius 2 is 2.10 bits per heavy atom. The Labute approximate surface area is 126 Å². The van der Waals surface area contributed by atoms with Crippen LogP contribution in [0.25, 0.3) is 0 Å². The summed E-state index contributed by atoms with van der Waals surface area (Å²) >= 11 is 0. The lowest BCUT2D eigenvalue weighted by Crippen LogP contribution is -2.50. The second-order valence-corrected chi connectivity index (χ2v) is 5.58. The summed E-state index contributed by atoms with van der Waals surface area (Å²) < 4.78 is 0. The van der Waals surface area contributed by atoms with E-state index in [0.717, 1.165) is 38.3 Å². The van der Waals surface area contributed by atoms with Crippen molar-refractivity contribution >= 4 is 17.4 Å². The molecule has 0 spiro atoms. The van der Waals surface area contributed by atoms with Gasteiger partial charge in [0, 0.05) is 32.2 Å². The van der Waals surface area contributed by atoms with Crippen LogP contribution in [0.15, 0.2) is 18.3 Å². The van der Waals surface area contributed by atoms with E-state index in [1.807, 2.05) is 19.1 Å². The Morgan fingerprint density at radius 3 is 2.67 bits per heavy atom. The summed E-state index contributed by atoms with van der Waals surface area (Å²) in [7, 11) is 0. The molecule has 116 valence electrons. The van der Waals surface area contributed by atoms with Crippen molar-refractivity contribution in [1.82, 2.24) is 15.2 Å². The van der Waals surface area contributed by atoms with Crippen molar-refractivity contribution in [2.45, 2.75) is 26.3 Å². The molecule has 6 heteroatoms. The van der Waals surface area contributed by atoms with E-state index in [1.54, 1.807) is 6.20 Å². The van der Waals surface area contributed by atoms with Crippen molar-refractivity contribution in [2.24, 2.45) is 0 Å². The van der Waals surface area contributed by atoms with E-state index in [-0.39, 0.29) is 11.9 Å². The second kappa shape index (κ2) is 7.26. The molecule has 1 fully saturated rings. The Morgan fingerprint density at radius 1 is 1.38 bits per heavy atom. The van der Waals surface area contributed by atoms with E-state index in [2.05, 4.69) is 27.0 Å². The number of anilines is 2. The molecule has 21 heavy (non-hydrogen) atoms. The Bertz CT molecular complexity index is 454. The van der Waals surface area contributed by atoms with Gasteiger partial charge in [-0.1, -0.05) is 6.92 Å². The van der Waals surface area contributed by atoms with Gasteiger partial charge in [-0.2, -0.15) is 0 Å². The Balaban J connectivity index is 1.78. The van der Waals surface area contributed by atoms with Gasteiger partial charge in [-0.3, -0.25) is 9.69 Å². The van der Waals surface area contributed by atoms with E-state index in [0.29, 0.717) is 12.4 Å². The summed E-state index contributed by atoms with van der Waals surface area (Å²) in [5, 5.41) is 3.01. The summed E-state index contributed by atoms with van der Waals surface area (Å²) in [6.45, 7) is 8.17. The summed E-state index contributed by atoms with van der Waals surface area (Å²) in [4.78, 5) is 20.5. The molecular weight excluding hydrogens is 266 g/mol. The number of nitrogens with two attached hydrogens (primary N) is 1. The molecular formula is C15H25N5O. The highest BCUT2D eigenvalue weighted by Crippen LogP contribution is 2.15. The second-order valence-electron chi connectivity index (χ2n) is 5.58. The Hall–Kier alpha value is -1.82. The molecule has 0 radical (unpaired) electrons. The lowest BCUT2D eigenvalue weighted by atomic mass is 10.2. The fraction of sp³-hybridized carbons (Fsp3) is 0.600. The zero-order chi connectivity index (χ0) is 15.2. The Kier molecular flexibility index (Phi) is 5.38. The minimum Gasteiger partial charge on any atom is -0.384 e. The number of hydrogen-bond acceptors (Lipinski definition) is 5. The normalized spacial score (nSPS) is 17.5. The smallest absolute Gasteiger partial charge is 0.234 e. The summed E-state index contributed by atoms with van der Waals surface area (Å²) in [6, 6.07) is 4.06. The van der Waals surface area contributed by atoms with E-state index in [4.69, 9.17) is 5.73 Å². The van der Waals surface area contributed by atoms with E-state index >= 15 is 0 Å². The fourth-order valence-corrected chi connectivity index (χ4v) is 2.37. The highest BCUT2D eigenvalue weighted by Gasteiger charge is 2.19. The van der Waals surface area contributed by atoms with Gasteiger partial charge in [0.15, 0.2) is 0 Å². The molecule has 0 aromatic carbocycles. The monoisotopic (exact) mass is 291 g/mol. The number of nitrogen functional groups attached to an aromatic ring is 1. The first kappa shape index (κ1) is 15.6. The maximum Gasteiger partial charge on any atom is 0.234 e. The summed E-state index contributed by atoms with van der Waals surface area (Å²) in [5.41, 5.74) is 6.69. The number of carbonyl (C=O) groups excluding carboxylic acids is 1. The quantitative estimate of drug-likeness (QED) is 0.835. The zero-order valence-electron chi connectivity index (χ0n) is 12.9. The number of amides is 1. The van der Waals surface area contributed by atoms with Gasteiger partial charge in [-0.05, 0) is 25.5 Å². The minimum atomic E-state index is 0.118. The number of nitrogens with one attached hydrogen (secondary N) is 1. The van der Waals surface area contributed by atoms with Crippen LogP contribution in [0.1, 0.15) is 20.3 Å². The van der Waals surface area contributed by atoms with E-state index in [1.165, 1.54) is 0 Å². The van der Waals surface area contributed by atoms with Crippen molar-refractivity contribution in [1.29, 1.82) is 0 Å². The summed E-state index contributed by atoms with van der Waals surface area (Å²) in [5.74, 6) is 0.658. The van der Waals surface area contributed by atoms with Crippen LogP contribution in [0.4, 0.5) is 11.5 Å².